The lowest BCUT2D eigenvalue weighted by Gasteiger charge is -2.36. The van der Waals surface area contributed by atoms with Gasteiger partial charge in [0.05, 0.1) is 26.2 Å². The summed E-state index contributed by atoms with van der Waals surface area (Å²) >= 11 is 0. The number of piperazine rings is 1. The summed E-state index contributed by atoms with van der Waals surface area (Å²) in [4.78, 5) is 16.1. The van der Waals surface area contributed by atoms with Crippen molar-refractivity contribution in [1.29, 1.82) is 0 Å². The van der Waals surface area contributed by atoms with Crippen molar-refractivity contribution in [2.75, 3.05) is 31.1 Å². The van der Waals surface area contributed by atoms with E-state index in [0.29, 0.717) is 6.04 Å². The van der Waals surface area contributed by atoms with E-state index < -0.39 is 0 Å². The Labute approximate surface area is 133 Å². The van der Waals surface area contributed by atoms with Gasteiger partial charge in [-0.3, -0.25) is 4.79 Å². The number of carbonyl (C=O) groups excluding carboxylic acids is 1. The lowest BCUT2D eigenvalue weighted by molar-refractivity contribution is -0.914. The lowest BCUT2D eigenvalue weighted by Crippen LogP contribution is -3.19. The number of benzene rings is 1. The highest BCUT2D eigenvalue weighted by molar-refractivity contribution is 5.80. The average Bonchev–Trinajstić information content (AvgIpc) is 3.33. The third kappa shape index (κ3) is 3.27. The van der Waals surface area contributed by atoms with Crippen LogP contribution in [0, 0.1) is 13.8 Å². The molecule has 1 heterocycles. The van der Waals surface area contributed by atoms with Gasteiger partial charge in [0, 0.05) is 11.7 Å². The van der Waals surface area contributed by atoms with Crippen LogP contribution in [0.2, 0.25) is 0 Å². The van der Waals surface area contributed by atoms with Gasteiger partial charge in [-0.05, 0) is 50.8 Å². The molecule has 3 rings (SSSR count). The molecule has 1 aliphatic carbocycles. The summed E-state index contributed by atoms with van der Waals surface area (Å²) in [6, 6.07) is 7.07. The number of rotatable bonds is 4. The SMILES string of the molecule is Cc1cccc(N2CC[NH+]([C@H](C)C(=O)NC3CC3)CC2)c1C. The van der Waals surface area contributed by atoms with Gasteiger partial charge in [0.15, 0.2) is 6.04 Å². The zero-order valence-electron chi connectivity index (χ0n) is 14.0. The van der Waals surface area contributed by atoms with E-state index in [9.17, 15) is 4.79 Å². The number of quaternary nitrogens is 1. The molecule has 22 heavy (non-hydrogen) atoms. The van der Waals surface area contributed by atoms with Crippen molar-refractivity contribution < 1.29 is 9.69 Å². The maximum Gasteiger partial charge on any atom is 0.278 e. The Hall–Kier alpha value is -1.55. The number of nitrogens with zero attached hydrogens (tertiary/aromatic N) is 1. The first-order chi connectivity index (χ1) is 10.6. The van der Waals surface area contributed by atoms with E-state index in [2.05, 4.69) is 49.2 Å². The fourth-order valence-corrected chi connectivity index (χ4v) is 3.29. The Kier molecular flexibility index (Phi) is 4.39. The predicted molar refractivity (Wildman–Crippen MR) is 89.5 cm³/mol. The zero-order chi connectivity index (χ0) is 15.7. The molecule has 1 aliphatic heterocycles. The summed E-state index contributed by atoms with van der Waals surface area (Å²) in [5, 5.41) is 3.14. The van der Waals surface area contributed by atoms with Crippen LogP contribution in [0.3, 0.4) is 0 Å². The summed E-state index contributed by atoms with van der Waals surface area (Å²) in [6.07, 6.45) is 2.32. The van der Waals surface area contributed by atoms with Gasteiger partial charge in [0.25, 0.3) is 5.91 Å². The lowest BCUT2D eigenvalue weighted by atomic mass is 10.1. The minimum absolute atomic E-state index is 0.0707. The van der Waals surface area contributed by atoms with E-state index in [1.807, 2.05) is 0 Å². The van der Waals surface area contributed by atoms with E-state index in [4.69, 9.17) is 0 Å². The molecule has 0 aromatic heterocycles. The Morgan fingerprint density at radius 2 is 1.95 bits per heavy atom. The Morgan fingerprint density at radius 1 is 1.27 bits per heavy atom. The van der Waals surface area contributed by atoms with Crippen molar-refractivity contribution in [1.82, 2.24) is 5.32 Å². The summed E-state index contributed by atoms with van der Waals surface area (Å²) in [7, 11) is 0. The number of amides is 1. The van der Waals surface area contributed by atoms with Crippen LogP contribution in [-0.4, -0.2) is 44.2 Å². The molecule has 2 fully saturated rings. The Morgan fingerprint density at radius 3 is 2.59 bits per heavy atom. The van der Waals surface area contributed by atoms with Gasteiger partial charge in [-0.15, -0.1) is 0 Å². The monoisotopic (exact) mass is 302 g/mol. The second-order valence-electron chi connectivity index (χ2n) is 6.87. The standard InChI is InChI=1S/C18H27N3O/c1-13-5-4-6-17(14(13)2)21-11-9-20(10-12-21)15(3)18(22)19-16-7-8-16/h4-6,15-16H,7-12H2,1-3H3,(H,19,22)/p+1/t15-/m1/s1. The smallest absolute Gasteiger partial charge is 0.278 e. The van der Waals surface area contributed by atoms with Gasteiger partial charge >= 0.3 is 0 Å². The fourth-order valence-electron chi connectivity index (χ4n) is 3.29. The zero-order valence-corrected chi connectivity index (χ0v) is 14.0. The maximum atomic E-state index is 12.2. The third-order valence-corrected chi connectivity index (χ3v) is 5.25. The first kappa shape index (κ1) is 15.3. The van der Waals surface area contributed by atoms with Crippen LogP contribution < -0.4 is 15.1 Å². The van der Waals surface area contributed by atoms with E-state index in [-0.39, 0.29) is 11.9 Å². The topological polar surface area (TPSA) is 36.8 Å². The molecule has 120 valence electrons. The highest BCUT2D eigenvalue weighted by Crippen LogP contribution is 2.22. The molecule has 1 aromatic rings. The fraction of sp³-hybridized carbons (Fsp3) is 0.611. The molecule has 2 aliphatic rings. The highest BCUT2D eigenvalue weighted by atomic mass is 16.2. The van der Waals surface area contributed by atoms with Crippen molar-refractivity contribution in [2.45, 2.75) is 45.7 Å². The van der Waals surface area contributed by atoms with Crippen molar-refractivity contribution in [3.05, 3.63) is 29.3 Å². The van der Waals surface area contributed by atoms with Crippen LogP contribution in [0.5, 0.6) is 0 Å². The molecule has 0 unspecified atom stereocenters. The molecule has 0 spiro atoms. The van der Waals surface area contributed by atoms with Crippen molar-refractivity contribution >= 4 is 11.6 Å². The molecular weight excluding hydrogens is 274 g/mol. The van der Waals surface area contributed by atoms with E-state index in [1.54, 1.807) is 0 Å². The average molecular weight is 302 g/mol. The first-order valence-corrected chi connectivity index (χ1v) is 8.52. The van der Waals surface area contributed by atoms with Crippen molar-refractivity contribution in [3.63, 3.8) is 0 Å². The highest BCUT2D eigenvalue weighted by Gasteiger charge is 2.32. The summed E-state index contributed by atoms with van der Waals surface area (Å²) in [5.41, 5.74) is 4.09. The second-order valence-corrected chi connectivity index (χ2v) is 6.87. The number of carbonyl (C=O) groups is 1. The number of nitrogens with one attached hydrogen (secondary N) is 2. The molecule has 2 N–H and O–H groups in total. The number of aryl methyl sites for hydroxylation is 1. The summed E-state index contributed by atoms with van der Waals surface area (Å²) in [6.45, 7) is 10.6. The molecule has 4 heteroatoms. The number of hydrogen-bond donors (Lipinski definition) is 2. The molecule has 0 radical (unpaired) electrons. The molecular formula is C18H28N3O+. The van der Waals surface area contributed by atoms with Gasteiger partial charge < -0.3 is 15.1 Å². The maximum absolute atomic E-state index is 12.2. The number of hydrogen-bond acceptors (Lipinski definition) is 2. The van der Waals surface area contributed by atoms with E-state index >= 15 is 0 Å². The minimum atomic E-state index is 0.0707. The number of anilines is 1. The first-order valence-electron chi connectivity index (χ1n) is 8.52. The van der Waals surface area contributed by atoms with Gasteiger partial charge in [0.2, 0.25) is 0 Å². The van der Waals surface area contributed by atoms with Crippen LogP contribution in [0.1, 0.15) is 30.9 Å². The van der Waals surface area contributed by atoms with Crippen molar-refractivity contribution in [3.8, 4) is 0 Å². The van der Waals surface area contributed by atoms with E-state index in [1.165, 1.54) is 21.7 Å². The van der Waals surface area contributed by atoms with Crippen LogP contribution in [0.25, 0.3) is 0 Å². The van der Waals surface area contributed by atoms with Crippen LogP contribution in [0.4, 0.5) is 5.69 Å². The van der Waals surface area contributed by atoms with Crippen molar-refractivity contribution in [2.24, 2.45) is 0 Å². The quantitative estimate of drug-likeness (QED) is 0.858. The molecule has 1 atom stereocenters. The van der Waals surface area contributed by atoms with Crippen LogP contribution >= 0.6 is 0 Å². The molecule has 1 amide bonds. The molecule has 1 saturated carbocycles. The summed E-state index contributed by atoms with van der Waals surface area (Å²) < 4.78 is 0. The van der Waals surface area contributed by atoms with Gasteiger partial charge in [0.1, 0.15) is 0 Å². The molecule has 4 nitrogen and oxygen atoms in total. The van der Waals surface area contributed by atoms with Gasteiger partial charge in [-0.1, -0.05) is 12.1 Å². The molecule has 1 saturated heterocycles. The second kappa shape index (κ2) is 6.29. The third-order valence-electron chi connectivity index (χ3n) is 5.25. The van der Waals surface area contributed by atoms with Crippen LogP contribution in [-0.2, 0) is 4.79 Å². The predicted octanol–water partition coefficient (Wildman–Crippen LogP) is 0.675. The van der Waals surface area contributed by atoms with Crippen LogP contribution in [0.15, 0.2) is 18.2 Å². The Balaban J connectivity index is 1.57. The molecule has 1 aromatic carbocycles. The van der Waals surface area contributed by atoms with Gasteiger partial charge in [-0.2, -0.15) is 0 Å². The largest absolute Gasteiger partial charge is 0.360 e. The normalized spacial score (nSPS) is 20.8. The molecule has 0 bridgehead atoms. The van der Waals surface area contributed by atoms with Gasteiger partial charge in [-0.25, -0.2) is 0 Å². The minimum Gasteiger partial charge on any atom is -0.360 e. The summed E-state index contributed by atoms with van der Waals surface area (Å²) in [5.74, 6) is 0.234. The Bertz CT molecular complexity index is 545. The van der Waals surface area contributed by atoms with E-state index in [0.717, 1.165) is 39.0 Å².